The Kier molecular flexibility index (Phi) is 5.57. The van der Waals surface area contributed by atoms with Gasteiger partial charge >= 0.3 is 0 Å². The van der Waals surface area contributed by atoms with Crippen LogP contribution in [0.25, 0.3) is 0 Å². The van der Waals surface area contributed by atoms with Crippen molar-refractivity contribution < 1.29 is 22.3 Å². The lowest BCUT2D eigenvalue weighted by Gasteiger charge is -2.26. The van der Waals surface area contributed by atoms with Gasteiger partial charge in [0.1, 0.15) is 5.82 Å². The SMILES string of the molecule is O=C(Nc1cc(S(=O)(=O)N2CCOCC2)ccc1Cl)c1ccccc1F. The van der Waals surface area contributed by atoms with Crippen LogP contribution >= 0.6 is 11.6 Å². The molecule has 26 heavy (non-hydrogen) atoms. The van der Waals surface area contributed by atoms with E-state index in [0.29, 0.717) is 13.2 Å². The third-order valence-corrected chi connectivity index (χ3v) is 6.14. The molecule has 1 N–H and O–H groups in total. The number of hydrogen-bond donors (Lipinski definition) is 1. The van der Waals surface area contributed by atoms with E-state index in [1.165, 1.54) is 40.7 Å². The van der Waals surface area contributed by atoms with Crippen molar-refractivity contribution in [3.05, 3.63) is 58.9 Å². The van der Waals surface area contributed by atoms with E-state index in [2.05, 4.69) is 5.32 Å². The molecular formula is C17H16ClFN2O4S. The molecule has 0 spiro atoms. The number of hydrogen-bond acceptors (Lipinski definition) is 4. The van der Waals surface area contributed by atoms with Gasteiger partial charge in [-0.05, 0) is 30.3 Å². The van der Waals surface area contributed by atoms with Gasteiger partial charge in [-0.3, -0.25) is 4.79 Å². The number of carbonyl (C=O) groups excluding carboxylic acids is 1. The molecule has 0 saturated carbocycles. The molecule has 2 aromatic carbocycles. The average Bonchev–Trinajstić information content (AvgIpc) is 2.64. The number of amides is 1. The molecule has 0 radical (unpaired) electrons. The van der Waals surface area contributed by atoms with Crippen LogP contribution in [0.3, 0.4) is 0 Å². The summed E-state index contributed by atoms with van der Waals surface area (Å²) in [4.78, 5) is 12.3. The van der Waals surface area contributed by atoms with Crippen molar-refractivity contribution in [2.45, 2.75) is 4.90 Å². The van der Waals surface area contributed by atoms with Gasteiger partial charge in [0.05, 0.1) is 34.4 Å². The Labute approximate surface area is 155 Å². The van der Waals surface area contributed by atoms with Crippen LogP contribution in [0.4, 0.5) is 10.1 Å². The third-order valence-electron chi connectivity index (χ3n) is 3.91. The third kappa shape index (κ3) is 3.88. The lowest BCUT2D eigenvalue weighted by molar-refractivity contribution is 0.0730. The van der Waals surface area contributed by atoms with Gasteiger partial charge in [-0.2, -0.15) is 4.31 Å². The van der Waals surface area contributed by atoms with Crippen molar-refractivity contribution in [2.75, 3.05) is 31.6 Å². The smallest absolute Gasteiger partial charge is 0.258 e. The molecule has 138 valence electrons. The molecule has 3 rings (SSSR count). The number of benzene rings is 2. The molecule has 2 aromatic rings. The fourth-order valence-electron chi connectivity index (χ4n) is 2.53. The number of nitrogens with one attached hydrogen (secondary N) is 1. The number of rotatable bonds is 4. The van der Waals surface area contributed by atoms with Gasteiger partial charge in [0.15, 0.2) is 0 Å². The molecule has 0 atom stereocenters. The predicted octanol–water partition coefficient (Wildman–Crippen LogP) is 2.75. The zero-order valence-electron chi connectivity index (χ0n) is 13.6. The second-order valence-electron chi connectivity index (χ2n) is 5.59. The first-order valence-electron chi connectivity index (χ1n) is 7.83. The van der Waals surface area contributed by atoms with E-state index in [1.54, 1.807) is 0 Å². The Morgan fingerprint density at radius 1 is 1.15 bits per heavy atom. The van der Waals surface area contributed by atoms with Crippen molar-refractivity contribution in [1.29, 1.82) is 0 Å². The van der Waals surface area contributed by atoms with Crippen molar-refractivity contribution in [3.63, 3.8) is 0 Å². The lowest BCUT2D eigenvalue weighted by Crippen LogP contribution is -2.40. The van der Waals surface area contributed by atoms with Gasteiger partial charge in [0.2, 0.25) is 10.0 Å². The number of nitrogens with zero attached hydrogens (tertiary/aromatic N) is 1. The van der Waals surface area contributed by atoms with Crippen LogP contribution < -0.4 is 5.32 Å². The average molecular weight is 399 g/mol. The minimum atomic E-state index is -3.74. The first kappa shape index (κ1) is 18.8. The number of sulfonamides is 1. The van der Waals surface area contributed by atoms with E-state index < -0.39 is 21.7 Å². The topological polar surface area (TPSA) is 75.7 Å². The van der Waals surface area contributed by atoms with Crippen LogP contribution in [0.5, 0.6) is 0 Å². The molecule has 1 amide bonds. The maximum Gasteiger partial charge on any atom is 0.258 e. The molecule has 1 aliphatic rings. The summed E-state index contributed by atoms with van der Waals surface area (Å²) < 4.78 is 45.7. The summed E-state index contributed by atoms with van der Waals surface area (Å²) in [6.07, 6.45) is 0. The van der Waals surface area contributed by atoms with E-state index in [9.17, 15) is 17.6 Å². The molecule has 0 aromatic heterocycles. The lowest BCUT2D eigenvalue weighted by atomic mass is 10.2. The number of carbonyl (C=O) groups is 1. The van der Waals surface area contributed by atoms with E-state index in [-0.39, 0.29) is 34.3 Å². The molecule has 6 nitrogen and oxygen atoms in total. The Hall–Kier alpha value is -2.00. The number of anilines is 1. The van der Waals surface area contributed by atoms with Gasteiger partial charge in [-0.1, -0.05) is 23.7 Å². The summed E-state index contributed by atoms with van der Waals surface area (Å²) in [7, 11) is -3.74. The van der Waals surface area contributed by atoms with Crippen molar-refractivity contribution in [3.8, 4) is 0 Å². The second-order valence-corrected chi connectivity index (χ2v) is 7.94. The Balaban J connectivity index is 1.88. The van der Waals surface area contributed by atoms with Crippen molar-refractivity contribution in [1.82, 2.24) is 4.31 Å². The van der Waals surface area contributed by atoms with Crippen LogP contribution in [0.2, 0.25) is 5.02 Å². The highest BCUT2D eigenvalue weighted by Gasteiger charge is 2.27. The zero-order valence-corrected chi connectivity index (χ0v) is 15.2. The molecule has 0 unspecified atom stereocenters. The summed E-state index contributed by atoms with van der Waals surface area (Å²) in [6, 6.07) is 9.50. The maximum atomic E-state index is 13.7. The summed E-state index contributed by atoms with van der Waals surface area (Å²) in [5, 5.41) is 2.61. The van der Waals surface area contributed by atoms with Crippen LogP contribution in [-0.2, 0) is 14.8 Å². The Morgan fingerprint density at radius 3 is 2.54 bits per heavy atom. The predicted molar refractivity (Wildman–Crippen MR) is 95.4 cm³/mol. The summed E-state index contributed by atoms with van der Waals surface area (Å²) in [5.41, 5.74) is -0.0701. The minimum absolute atomic E-state index is 0.00682. The normalized spacial score (nSPS) is 15.6. The fourth-order valence-corrected chi connectivity index (χ4v) is 4.13. The molecule has 0 aliphatic carbocycles. The number of ether oxygens (including phenoxy) is 1. The van der Waals surface area contributed by atoms with Gasteiger partial charge in [-0.25, -0.2) is 12.8 Å². The molecule has 1 saturated heterocycles. The van der Waals surface area contributed by atoms with Crippen molar-refractivity contribution in [2.24, 2.45) is 0 Å². The van der Waals surface area contributed by atoms with Gasteiger partial charge < -0.3 is 10.1 Å². The molecule has 1 heterocycles. The summed E-state index contributed by atoms with van der Waals surface area (Å²) in [6.45, 7) is 1.15. The van der Waals surface area contributed by atoms with Crippen LogP contribution in [0.15, 0.2) is 47.4 Å². The molecule has 9 heteroatoms. The monoisotopic (exact) mass is 398 g/mol. The molecular weight excluding hydrogens is 383 g/mol. The molecule has 1 aliphatic heterocycles. The number of morpholine rings is 1. The summed E-state index contributed by atoms with van der Waals surface area (Å²) in [5.74, 6) is -1.40. The highest BCUT2D eigenvalue weighted by atomic mass is 35.5. The van der Waals surface area contributed by atoms with Crippen molar-refractivity contribution >= 4 is 33.2 Å². The van der Waals surface area contributed by atoms with E-state index in [4.69, 9.17) is 16.3 Å². The molecule has 0 bridgehead atoms. The maximum absolute atomic E-state index is 13.7. The largest absolute Gasteiger partial charge is 0.379 e. The Bertz CT molecular complexity index is 930. The highest BCUT2D eigenvalue weighted by molar-refractivity contribution is 7.89. The first-order valence-corrected chi connectivity index (χ1v) is 9.65. The van der Waals surface area contributed by atoms with Crippen LogP contribution in [0, 0.1) is 5.82 Å². The fraction of sp³-hybridized carbons (Fsp3) is 0.235. The second kappa shape index (κ2) is 7.71. The Morgan fingerprint density at radius 2 is 1.85 bits per heavy atom. The molecule has 1 fully saturated rings. The quantitative estimate of drug-likeness (QED) is 0.859. The minimum Gasteiger partial charge on any atom is -0.379 e. The van der Waals surface area contributed by atoms with Gasteiger partial charge in [-0.15, -0.1) is 0 Å². The standard InChI is InChI=1S/C17H16ClFN2O4S/c18-14-6-5-12(26(23,24)21-7-9-25-10-8-21)11-16(14)20-17(22)13-3-1-2-4-15(13)19/h1-6,11H,7-10H2,(H,20,22). The van der Waals surface area contributed by atoms with E-state index in [0.717, 1.165) is 6.07 Å². The van der Waals surface area contributed by atoms with E-state index >= 15 is 0 Å². The van der Waals surface area contributed by atoms with Crippen LogP contribution in [-0.4, -0.2) is 44.9 Å². The zero-order chi connectivity index (χ0) is 18.7. The summed E-state index contributed by atoms with van der Waals surface area (Å²) >= 11 is 6.07. The van der Waals surface area contributed by atoms with Gasteiger partial charge in [0, 0.05) is 13.1 Å². The van der Waals surface area contributed by atoms with Gasteiger partial charge in [0.25, 0.3) is 5.91 Å². The highest BCUT2D eigenvalue weighted by Crippen LogP contribution is 2.28. The van der Waals surface area contributed by atoms with Crippen LogP contribution in [0.1, 0.15) is 10.4 Å². The first-order chi connectivity index (χ1) is 12.4. The number of halogens is 2. The van der Waals surface area contributed by atoms with E-state index in [1.807, 2.05) is 0 Å².